The highest BCUT2D eigenvalue weighted by molar-refractivity contribution is 5.83. The number of hydrogen-bond acceptors (Lipinski definition) is 5. The summed E-state index contributed by atoms with van der Waals surface area (Å²) in [6.45, 7) is 1.83. The first-order valence-electron chi connectivity index (χ1n) is 6.35. The maximum Gasteiger partial charge on any atom is 0.235 e. The van der Waals surface area contributed by atoms with Crippen molar-refractivity contribution >= 4 is 11.0 Å². The average Bonchev–Trinajstić information content (AvgIpc) is 2.82. The first-order chi connectivity index (χ1) is 10.0. The second kappa shape index (κ2) is 4.66. The van der Waals surface area contributed by atoms with Crippen molar-refractivity contribution in [1.82, 2.24) is 9.78 Å². The van der Waals surface area contributed by atoms with Crippen molar-refractivity contribution in [2.75, 3.05) is 7.11 Å². The van der Waals surface area contributed by atoms with Crippen molar-refractivity contribution in [1.29, 1.82) is 0 Å². The molecule has 0 amide bonds. The number of aromatic hydroxyl groups is 1. The second-order valence-electron chi connectivity index (χ2n) is 4.74. The monoisotopic (exact) mass is 286 g/mol. The van der Waals surface area contributed by atoms with E-state index in [4.69, 9.17) is 9.15 Å². The molecule has 0 radical (unpaired) electrons. The molecule has 0 unspecified atom stereocenters. The van der Waals surface area contributed by atoms with E-state index in [1.54, 1.807) is 36.1 Å². The third kappa shape index (κ3) is 1.96. The normalized spacial score (nSPS) is 11.0. The summed E-state index contributed by atoms with van der Waals surface area (Å²) in [4.78, 5) is 12.3. The maximum absolute atomic E-state index is 12.3. The lowest BCUT2D eigenvalue weighted by molar-refractivity contribution is 0.414. The van der Waals surface area contributed by atoms with E-state index in [2.05, 4.69) is 5.10 Å². The van der Waals surface area contributed by atoms with Gasteiger partial charge in [0.05, 0.1) is 24.3 Å². The van der Waals surface area contributed by atoms with Gasteiger partial charge in [0, 0.05) is 12.7 Å². The summed E-state index contributed by atoms with van der Waals surface area (Å²) in [6.07, 6.45) is 1.56. The fourth-order valence-electron chi connectivity index (χ4n) is 2.20. The Morgan fingerprint density at radius 3 is 2.76 bits per heavy atom. The quantitative estimate of drug-likeness (QED) is 0.781. The molecule has 0 aliphatic carbocycles. The number of rotatable bonds is 2. The van der Waals surface area contributed by atoms with E-state index in [1.807, 2.05) is 6.92 Å². The highest BCUT2D eigenvalue weighted by atomic mass is 16.5. The van der Waals surface area contributed by atoms with Crippen molar-refractivity contribution < 1.29 is 14.3 Å². The van der Waals surface area contributed by atoms with Gasteiger partial charge in [0.15, 0.2) is 5.76 Å². The minimum absolute atomic E-state index is 0.128. The molecule has 6 nitrogen and oxygen atoms in total. The van der Waals surface area contributed by atoms with Gasteiger partial charge in [-0.05, 0) is 25.1 Å². The van der Waals surface area contributed by atoms with Crippen LogP contribution in [0.25, 0.3) is 22.3 Å². The summed E-state index contributed by atoms with van der Waals surface area (Å²) in [6, 6.07) is 4.88. The number of aromatic nitrogens is 2. The summed E-state index contributed by atoms with van der Waals surface area (Å²) in [5, 5.41) is 14.5. The molecule has 3 rings (SSSR count). The first-order valence-corrected chi connectivity index (χ1v) is 6.35. The lowest BCUT2D eigenvalue weighted by Crippen LogP contribution is -2.03. The number of benzene rings is 1. The summed E-state index contributed by atoms with van der Waals surface area (Å²) < 4.78 is 12.4. The Hall–Kier alpha value is -2.76. The molecule has 2 aromatic heterocycles. The molecule has 1 aromatic carbocycles. The minimum Gasteiger partial charge on any atom is -0.502 e. The van der Waals surface area contributed by atoms with E-state index in [0.717, 1.165) is 5.69 Å². The van der Waals surface area contributed by atoms with E-state index in [9.17, 15) is 9.90 Å². The Bertz CT molecular complexity index is 893. The van der Waals surface area contributed by atoms with Crippen LogP contribution >= 0.6 is 0 Å². The van der Waals surface area contributed by atoms with Gasteiger partial charge in [-0.2, -0.15) is 5.10 Å². The molecule has 6 heteroatoms. The number of fused-ring (bicyclic) bond motifs is 1. The number of hydrogen-bond donors (Lipinski definition) is 1. The van der Waals surface area contributed by atoms with Crippen LogP contribution in [-0.4, -0.2) is 22.0 Å². The van der Waals surface area contributed by atoms with Crippen LogP contribution in [0.2, 0.25) is 0 Å². The lowest BCUT2D eigenvalue weighted by Gasteiger charge is -2.06. The Morgan fingerprint density at radius 2 is 2.14 bits per heavy atom. The zero-order valence-corrected chi connectivity index (χ0v) is 11.9. The van der Waals surface area contributed by atoms with Crippen molar-refractivity contribution in [3.05, 3.63) is 40.3 Å². The third-order valence-corrected chi connectivity index (χ3v) is 3.55. The van der Waals surface area contributed by atoms with Gasteiger partial charge in [-0.25, -0.2) is 0 Å². The molecule has 0 aliphatic heterocycles. The standard InChI is InChI=1S/C15H14N2O4/c1-8-11(7-16-17(8)2)15-14(19)13(18)10-6-9(20-3)4-5-12(10)21-15/h4-7,19H,1-3H3. The first kappa shape index (κ1) is 13.2. The van der Waals surface area contributed by atoms with Crippen molar-refractivity contribution in [3.63, 3.8) is 0 Å². The Labute approximate surface area is 120 Å². The number of aryl methyl sites for hydroxylation is 1. The van der Waals surface area contributed by atoms with Gasteiger partial charge >= 0.3 is 0 Å². The average molecular weight is 286 g/mol. The van der Waals surface area contributed by atoms with Crippen LogP contribution in [0.4, 0.5) is 0 Å². The number of ether oxygens (including phenoxy) is 1. The van der Waals surface area contributed by atoms with Crippen LogP contribution in [0.15, 0.2) is 33.6 Å². The largest absolute Gasteiger partial charge is 0.502 e. The summed E-state index contributed by atoms with van der Waals surface area (Å²) in [5.41, 5.74) is 1.27. The van der Waals surface area contributed by atoms with Gasteiger partial charge in [0.1, 0.15) is 11.3 Å². The van der Waals surface area contributed by atoms with Crippen LogP contribution in [0.5, 0.6) is 11.5 Å². The molecular formula is C15H14N2O4. The molecule has 21 heavy (non-hydrogen) atoms. The predicted octanol–water partition coefficient (Wildman–Crippen LogP) is 2.22. The van der Waals surface area contributed by atoms with Gasteiger partial charge in [-0.3, -0.25) is 9.48 Å². The summed E-state index contributed by atoms with van der Waals surface area (Å²) in [5.74, 6) is 0.231. The molecule has 3 aromatic rings. The Balaban J connectivity index is 2.34. The molecule has 0 aliphatic rings. The molecule has 0 spiro atoms. The van der Waals surface area contributed by atoms with Gasteiger partial charge in [0.25, 0.3) is 0 Å². The van der Waals surface area contributed by atoms with E-state index in [1.165, 1.54) is 7.11 Å². The van der Waals surface area contributed by atoms with Gasteiger partial charge in [-0.15, -0.1) is 0 Å². The van der Waals surface area contributed by atoms with E-state index in [-0.39, 0.29) is 11.1 Å². The fourth-order valence-corrected chi connectivity index (χ4v) is 2.20. The fraction of sp³-hybridized carbons (Fsp3) is 0.200. The minimum atomic E-state index is -0.492. The Morgan fingerprint density at radius 1 is 1.38 bits per heavy atom. The number of nitrogens with zero attached hydrogens (tertiary/aromatic N) is 2. The molecule has 0 fully saturated rings. The van der Waals surface area contributed by atoms with E-state index < -0.39 is 11.2 Å². The van der Waals surface area contributed by atoms with E-state index >= 15 is 0 Å². The maximum atomic E-state index is 12.3. The van der Waals surface area contributed by atoms with Crippen molar-refractivity contribution in [3.8, 4) is 22.8 Å². The van der Waals surface area contributed by atoms with Crippen molar-refractivity contribution in [2.24, 2.45) is 7.05 Å². The Kier molecular flexibility index (Phi) is 2.94. The molecule has 0 atom stereocenters. The molecular weight excluding hydrogens is 272 g/mol. The lowest BCUT2D eigenvalue weighted by atomic mass is 10.1. The van der Waals surface area contributed by atoms with Crippen LogP contribution in [-0.2, 0) is 7.05 Å². The summed E-state index contributed by atoms with van der Waals surface area (Å²) >= 11 is 0. The zero-order valence-electron chi connectivity index (χ0n) is 11.9. The third-order valence-electron chi connectivity index (χ3n) is 3.55. The van der Waals surface area contributed by atoms with E-state index in [0.29, 0.717) is 16.9 Å². The van der Waals surface area contributed by atoms with Crippen molar-refractivity contribution in [2.45, 2.75) is 6.92 Å². The topological polar surface area (TPSA) is 77.5 Å². The molecule has 0 saturated carbocycles. The number of methoxy groups -OCH3 is 1. The van der Waals surface area contributed by atoms with Crippen LogP contribution in [0.3, 0.4) is 0 Å². The molecule has 2 heterocycles. The highest BCUT2D eigenvalue weighted by Gasteiger charge is 2.19. The van der Waals surface area contributed by atoms with Gasteiger partial charge < -0.3 is 14.3 Å². The second-order valence-corrected chi connectivity index (χ2v) is 4.74. The zero-order chi connectivity index (χ0) is 15.1. The molecule has 1 N–H and O–H groups in total. The highest BCUT2D eigenvalue weighted by Crippen LogP contribution is 2.32. The van der Waals surface area contributed by atoms with Crippen LogP contribution in [0, 0.1) is 6.92 Å². The molecule has 108 valence electrons. The smallest absolute Gasteiger partial charge is 0.235 e. The SMILES string of the molecule is COc1ccc2oc(-c3cnn(C)c3C)c(O)c(=O)c2c1. The van der Waals surface area contributed by atoms with Gasteiger partial charge in [-0.1, -0.05) is 0 Å². The molecule has 0 saturated heterocycles. The molecule has 0 bridgehead atoms. The predicted molar refractivity (Wildman–Crippen MR) is 77.6 cm³/mol. The van der Waals surface area contributed by atoms with Gasteiger partial charge in [0.2, 0.25) is 11.2 Å². The van der Waals surface area contributed by atoms with Crippen LogP contribution in [0.1, 0.15) is 5.69 Å². The summed E-state index contributed by atoms with van der Waals surface area (Å²) in [7, 11) is 3.29. The van der Waals surface area contributed by atoms with Crippen LogP contribution < -0.4 is 10.2 Å².